The van der Waals surface area contributed by atoms with E-state index >= 15 is 0 Å². The number of carbonyl (C=O) groups is 1. The first-order chi connectivity index (χ1) is 9.06. The zero-order chi connectivity index (χ0) is 13.8. The Hall–Kier alpha value is -1.35. The maximum Gasteiger partial charge on any atom is 0.251 e. The highest BCUT2D eigenvalue weighted by atomic mass is 16.1. The van der Waals surface area contributed by atoms with E-state index in [0.29, 0.717) is 12.1 Å². The second-order valence-electron chi connectivity index (χ2n) is 5.81. The van der Waals surface area contributed by atoms with Gasteiger partial charge in [0.1, 0.15) is 0 Å². The highest BCUT2D eigenvalue weighted by molar-refractivity contribution is 5.94. The number of nitrogens with zero attached hydrogens (tertiary/aromatic N) is 1. The molecule has 0 spiro atoms. The molecule has 19 heavy (non-hydrogen) atoms. The van der Waals surface area contributed by atoms with Gasteiger partial charge in [-0.2, -0.15) is 0 Å². The lowest BCUT2D eigenvalue weighted by atomic mass is 9.90. The van der Waals surface area contributed by atoms with Crippen LogP contribution in [0.25, 0.3) is 0 Å². The Labute approximate surface area is 116 Å². The summed E-state index contributed by atoms with van der Waals surface area (Å²) in [6.07, 6.45) is 4.51. The van der Waals surface area contributed by atoms with E-state index in [0.717, 1.165) is 18.4 Å². The normalized spacial score (nSPS) is 23.4. The molecule has 1 saturated carbocycles. The van der Waals surface area contributed by atoms with Crippen molar-refractivity contribution in [2.45, 2.75) is 44.7 Å². The van der Waals surface area contributed by atoms with Crippen LogP contribution in [0.2, 0.25) is 0 Å². The molecule has 2 rings (SSSR count). The molecule has 104 valence electrons. The van der Waals surface area contributed by atoms with Crippen LogP contribution in [0.3, 0.4) is 0 Å². The highest BCUT2D eigenvalue weighted by Gasteiger charge is 2.23. The molecule has 1 aromatic carbocycles. The predicted molar refractivity (Wildman–Crippen MR) is 78.4 cm³/mol. The molecule has 0 heterocycles. The molecule has 0 radical (unpaired) electrons. The van der Waals surface area contributed by atoms with Crippen molar-refractivity contribution < 1.29 is 4.79 Å². The summed E-state index contributed by atoms with van der Waals surface area (Å²) in [5.74, 6) is 0.0632. The average molecular weight is 260 g/mol. The van der Waals surface area contributed by atoms with Crippen molar-refractivity contribution >= 4 is 5.91 Å². The van der Waals surface area contributed by atoms with Crippen molar-refractivity contribution in [3.63, 3.8) is 0 Å². The van der Waals surface area contributed by atoms with Gasteiger partial charge in [0.15, 0.2) is 0 Å². The second kappa shape index (κ2) is 6.20. The monoisotopic (exact) mass is 260 g/mol. The van der Waals surface area contributed by atoms with Crippen LogP contribution < -0.4 is 5.32 Å². The summed E-state index contributed by atoms with van der Waals surface area (Å²) in [4.78, 5) is 14.4. The Morgan fingerprint density at radius 2 is 1.68 bits per heavy atom. The van der Waals surface area contributed by atoms with E-state index in [4.69, 9.17) is 0 Å². The Bertz CT molecular complexity index is 417. The van der Waals surface area contributed by atoms with Gasteiger partial charge in [-0.1, -0.05) is 17.7 Å². The molecule has 1 N–H and O–H groups in total. The quantitative estimate of drug-likeness (QED) is 0.906. The summed E-state index contributed by atoms with van der Waals surface area (Å²) in [5.41, 5.74) is 1.95. The lowest BCUT2D eigenvalue weighted by molar-refractivity contribution is 0.0916. The van der Waals surface area contributed by atoms with Crippen molar-refractivity contribution in [1.29, 1.82) is 0 Å². The molecule has 0 saturated heterocycles. The molecule has 0 aromatic heterocycles. The maximum atomic E-state index is 12.1. The van der Waals surface area contributed by atoms with Crippen molar-refractivity contribution in [2.24, 2.45) is 0 Å². The van der Waals surface area contributed by atoms with Crippen LogP contribution in [0, 0.1) is 6.92 Å². The summed E-state index contributed by atoms with van der Waals surface area (Å²) in [6.45, 7) is 2.03. The van der Waals surface area contributed by atoms with Gasteiger partial charge in [0.2, 0.25) is 0 Å². The van der Waals surface area contributed by atoms with Crippen LogP contribution in [-0.4, -0.2) is 37.0 Å². The number of hydrogen-bond acceptors (Lipinski definition) is 2. The van der Waals surface area contributed by atoms with Gasteiger partial charge in [-0.25, -0.2) is 0 Å². The van der Waals surface area contributed by atoms with Crippen LogP contribution in [0.1, 0.15) is 41.6 Å². The lowest BCUT2D eigenvalue weighted by Gasteiger charge is -2.33. The van der Waals surface area contributed by atoms with E-state index in [-0.39, 0.29) is 5.91 Å². The average Bonchev–Trinajstić information content (AvgIpc) is 2.40. The maximum absolute atomic E-state index is 12.1. The van der Waals surface area contributed by atoms with Crippen LogP contribution in [0.5, 0.6) is 0 Å². The topological polar surface area (TPSA) is 32.3 Å². The molecule has 1 fully saturated rings. The fourth-order valence-electron chi connectivity index (χ4n) is 2.71. The van der Waals surface area contributed by atoms with Crippen molar-refractivity contribution in [3.8, 4) is 0 Å². The summed E-state index contributed by atoms with van der Waals surface area (Å²) < 4.78 is 0. The number of carbonyl (C=O) groups excluding carboxylic acids is 1. The molecule has 1 amide bonds. The van der Waals surface area contributed by atoms with Crippen LogP contribution >= 0.6 is 0 Å². The molecule has 1 aliphatic rings. The van der Waals surface area contributed by atoms with Gasteiger partial charge in [-0.05, 0) is 58.8 Å². The smallest absolute Gasteiger partial charge is 0.251 e. The number of amides is 1. The van der Waals surface area contributed by atoms with Gasteiger partial charge in [0, 0.05) is 17.6 Å². The van der Waals surface area contributed by atoms with E-state index in [1.807, 2.05) is 31.2 Å². The minimum atomic E-state index is 0.0632. The lowest BCUT2D eigenvalue weighted by Crippen LogP contribution is -2.41. The van der Waals surface area contributed by atoms with E-state index in [1.165, 1.54) is 18.4 Å². The van der Waals surface area contributed by atoms with Gasteiger partial charge in [-0.3, -0.25) is 4.79 Å². The minimum absolute atomic E-state index is 0.0632. The molecule has 0 bridgehead atoms. The number of benzene rings is 1. The van der Waals surface area contributed by atoms with Crippen LogP contribution in [-0.2, 0) is 0 Å². The number of aryl methyl sites for hydroxylation is 1. The van der Waals surface area contributed by atoms with E-state index in [1.54, 1.807) is 0 Å². The predicted octanol–water partition coefficient (Wildman–Crippen LogP) is 2.60. The van der Waals surface area contributed by atoms with Crippen molar-refractivity contribution in [3.05, 3.63) is 35.4 Å². The van der Waals surface area contributed by atoms with Crippen LogP contribution in [0.15, 0.2) is 24.3 Å². The highest BCUT2D eigenvalue weighted by Crippen LogP contribution is 2.21. The molecule has 3 heteroatoms. The van der Waals surface area contributed by atoms with E-state index in [2.05, 4.69) is 24.3 Å². The fourth-order valence-corrected chi connectivity index (χ4v) is 2.71. The van der Waals surface area contributed by atoms with Crippen molar-refractivity contribution in [2.75, 3.05) is 14.1 Å². The molecule has 1 aliphatic carbocycles. The molecule has 0 aliphatic heterocycles. The zero-order valence-electron chi connectivity index (χ0n) is 12.1. The van der Waals surface area contributed by atoms with Gasteiger partial charge in [0.05, 0.1) is 0 Å². The third kappa shape index (κ3) is 3.80. The first-order valence-corrected chi connectivity index (χ1v) is 7.10. The Kier molecular flexibility index (Phi) is 4.59. The third-order valence-electron chi connectivity index (χ3n) is 4.08. The summed E-state index contributed by atoms with van der Waals surface area (Å²) in [5, 5.41) is 3.16. The number of hydrogen-bond donors (Lipinski definition) is 1. The zero-order valence-corrected chi connectivity index (χ0v) is 12.1. The summed E-state index contributed by atoms with van der Waals surface area (Å²) in [7, 11) is 4.27. The van der Waals surface area contributed by atoms with E-state index in [9.17, 15) is 4.79 Å². The second-order valence-corrected chi connectivity index (χ2v) is 5.81. The van der Waals surface area contributed by atoms with Gasteiger partial charge in [-0.15, -0.1) is 0 Å². The van der Waals surface area contributed by atoms with E-state index < -0.39 is 0 Å². The van der Waals surface area contributed by atoms with Gasteiger partial charge >= 0.3 is 0 Å². The van der Waals surface area contributed by atoms with Crippen LogP contribution in [0.4, 0.5) is 0 Å². The summed E-state index contributed by atoms with van der Waals surface area (Å²) >= 11 is 0. The molecular weight excluding hydrogens is 236 g/mol. The number of nitrogens with one attached hydrogen (secondary N) is 1. The Morgan fingerprint density at radius 1 is 1.11 bits per heavy atom. The minimum Gasteiger partial charge on any atom is -0.349 e. The Morgan fingerprint density at radius 3 is 2.21 bits per heavy atom. The first-order valence-electron chi connectivity index (χ1n) is 7.10. The molecular formula is C16H24N2O. The van der Waals surface area contributed by atoms with Gasteiger partial charge in [0.25, 0.3) is 5.91 Å². The largest absolute Gasteiger partial charge is 0.349 e. The molecule has 3 nitrogen and oxygen atoms in total. The Balaban J connectivity index is 1.85. The van der Waals surface area contributed by atoms with Gasteiger partial charge < -0.3 is 10.2 Å². The first kappa shape index (κ1) is 14.1. The molecule has 1 aromatic rings. The standard InChI is InChI=1S/C16H24N2O/c1-12-4-6-13(7-5-12)16(19)17-14-8-10-15(11-9-14)18(2)3/h4-7,14-15H,8-11H2,1-3H3,(H,17,19)/t14-,15-. The molecule has 0 atom stereocenters. The fraction of sp³-hybridized carbons (Fsp3) is 0.562. The third-order valence-corrected chi connectivity index (χ3v) is 4.08. The SMILES string of the molecule is Cc1ccc(C(=O)N[C@H]2CC[C@H](N(C)C)CC2)cc1. The summed E-state index contributed by atoms with van der Waals surface area (Å²) in [6, 6.07) is 8.78. The molecule has 0 unspecified atom stereocenters. The number of rotatable bonds is 3. The van der Waals surface area contributed by atoms with Crippen molar-refractivity contribution in [1.82, 2.24) is 10.2 Å².